The van der Waals surface area contributed by atoms with Crippen molar-refractivity contribution < 1.29 is 4.79 Å². The van der Waals surface area contributed by atoms with E-state index in [1.54, 1.807) is 0 Å². The normalized spacial score (nSPS) is 32.1. The van der Waals surface area contributed by atoms with Crippen LogP contribution in [0.1, 0.15) is 32.6 Å². The van der Waals surface area contributed by atoms with Crippen LogP contribution in [0.5, 0.6) is 0 Å². The highest BCUT2D eigenvalue weighted by Gasteiger charge is 2.41. The number of hydrogen-bond donors (Lipinski definition) is 2. The van der Waals surface area contributed by atoms with Gasteiger partial charge in [0.25, 0.3) is 0 Å². The molecule has 0 saturated carbocycles. The topological polar surface area (TPSA) is 44.4 Å². The summed E-state index contributed by atoms with van der Waals surface area (Å²) in [6.07, 6.45) is 4.16. The van der Waals surface area contributed by atoms with Gasteiger partial charge in [0.2, 0.25) is 5.91 Å². The summed E-state index contributed by atoms with van der Waals surface area (Å²) in [5.74, 6) is 0.172. The van der Waals surface area contributed by atoms with Crippen molar-refractivity contribution in [2.75, 3.05) is 26.2 Å². The number of carbonyl (C=O) groups is 1. The van der Waals surface area contributed by atoms with Crippen LogP contribution in [-0.2, 0) is 4.79 Å². The number of fused-ring (bicyclic) bond motifs is 1. The van der Waals surface area contributed by atoms with Gasteiger partial charge in [0, 0.05) is 32.6 Å². The van der Waals surface area contributed by atoms with E-state index in [0.717, 1.165) is 32.6 Å². The van der Waals surface area contributed by atoms with Crippen LogP contribution in [0.4, 0.5) is 0 Å². The Balaban J connectivity index is 2.08. The number of amides is 1. The molecule has 2 aliphatic heterocycles. The zero-order valence-electron chi connectivity index (χ0n) is 9.51. The zero-order valence-corrected chi connectivity index (χ0v) is 9.51. The molecular formula is C11H21N3O. The lowest BCUT2D eigenvalue weighted by Crippen LogP contribution is -2.70. The van der Waals surface area contributed by atoms with E-state index in [-0.39, 0.29) is 11.6 Å². The summed E-state index contributed by atoms with van der Waals surface area (Å²) in [6, 6.07) is 0. The SMILES string of the molecule is CCC(=O)NC12CCCCN1CCNC2. The molecule has 1 atom stereocenters. The van der Waals surface area contributed by atoms with E-state index in [1.165, 1.54) is 12.8 Å². The Morgan fingerprint density at radius 2 is 2.33 bits per heavy atom. The van der Waals surface area contributed by atoms with Crippen LogP contribution in [-0.4, -0.2) is 42.6 Å². The highest BCUT2D eigenvalue weighted by molar-refractivity contribution is 5.76. The van der Waals surface area contributed by atoms with Crippen LogP contribution in [0.15, 0.2) is 0 Å². The third-order valence-electron chi connectivity index (χ3n) is 3.54. The van der Waals surface area contributed by atoms with Crippen LogP contribution < -0.4 is 10.6 Å². The predicted octanol–water partition coefficient (Wildman–Crippen LogP) is 0.298. The monoisotopic (exact) mass is 211 g/mol. The minimum Gasteiger partial charge on any atom is -0.337 e. The van der Waals surface area contributed by atoms with E-state index in [0.29, 0.717) is 6.42 Å². The molecule has 2 heterocycles. The van der Waals surface area contributed by atoms with Gasteiger partial charge in [-0.2, -0.15) is 0 Å². The van der Waals surface area contributed by atoms with Gasteiger partial charge >= 0.3 is 0 Å². The molecule has 2 aliphatic rings. The number of rotatable bonds is 2. The smallest absolute Gasteiger partial charge is 0.221 e. The van der Waals surface area contributed by atoms with Crippen molar-refractivity contribution in [2.45, 2.75) is 38.3 Å². The molecule has 0 aromatic heterocycles. The minimum absolute atomic E-state index is 0.0798. The molecule has 4 nitrogen and oxygen atoms in total. The van der Waals surface area contributed by atoms with Crippen LogP contribution in [0.3, 0.4) is 0 Å². The van der Waals surface area contributed by atoms with Gasteiger partial charge < -0.3 is 10.6 Å². The highest BCUT2D eigenvalue weighted by atomic mass is 16.1. The Bertz CT molecular complexity index is 230. The molecule has 2 saturated heterocycles. The largest absolute Gasteiger partial charge is 0.337 e. The van der Waals surface area contributed by atoms with Crippen LogP contribution >= 0.6 is 0 Å². The van der Waals surface area contributed by atoms with Crippen LogP contribution in [0.2, 0.25) is 0 Å². The average molecular weight is 211 g/mol. The first-order valence-corrected chi connectivity index (χ1v) is 6.04. The molecule has 0 aliphatic carbocycles. The van der Waals surface area contributed by atoms with Crippen LogP contribution in [0.25, 0.3) is 0 Å². The summed E-state index contributed by atoms with van der Waals surface area (Å²) in [5.41, 5.74) is -0.0798. The Labute approximate surface area is 91.4 Å². The fourth-order valence-electron chi connectivity index (χ4n) is 2.66. The number of hydrogen-bond acceptors (Lipinski definition) is 3. The second-order valence-corrected chi connectivity index (χ2v) is 4.55. The second-order valence-electron chi connectivity index (χ2n) is 4.55. The molecule has 2 fully saturated rings. The number of piperidine rings is 1. The van der Waals surface area contributed by atoms with Crippen molar-refractivity contribution in [1.29, 1.82) is 0 Å². The third kappa shape index (κ3) is 2.16. The first-order valence-electron chi connectivity index (χ1n) is 6.04. The molecule has 0 aromatic carbocycles. The maximum Gasteiger partial charge on any atom is 0.221 e. The van der Waals surface area contributed by atoms with Gasteiger partial charge in [0.1, 0.15) is 5.66 Å². The first-order chi connectivity index (χ1) is 7.27. The zero-order chi connectivity index (χ0) is 10.7. The van der Waals surface area contributed by atoms with E-state index in [4.69, 9.17) is 0 Å². The molecule has 0 spiro atoms. The lowest BCUT2D eigenvalue weighted by atomic mass is 9.92. The standard InChI is InChI=1S/C11H21N3O/c1-2-10(15)13-11-5-3-4-7-14(11)8-6-12-9-11/h12H,2-9H2,1H3,(H,13,15). The molecule has 0 radical (unpaired) electrons. The Hall–Kier alpha value is -0.610. The van der Waals surface area contributed by atoms with Crippen LogP contribution in [0, 0.1) is 0 Å². The number of nitrogens with one attached hydrogen (secondary N) is 2. The Morgan fingerprint density at radius 3 is 3.13 bits per heavy atom. The number of piperazine rings is 1. The molecule has 4 heteroatoms. The minimum atomic E-state index is -0.0798. The van der Waals surface area contributed by atoms with Crippen molar-refractivity contribution in [3.05, 3.63) is 0 Å². The molecule has 1 unspecified atom stereocenters. The highest BCUT2D eigenvalue weighted by Crippen LogP contribution is 2.26. The fraction of sp³-hybridized carbons (Fsp3) is 0.909. The third-order valence-corrected chi connectivity index (χ3v) is 3.54. The second kappa shape index (κ2) is 4.49. The number of nitrogens with zero attached hydrogens (tertiary/aromatic N) is 1. The maximum atomic E-state index is 11.6. The van der Waals surface area contributed by atoms with Gasteiger partial charge in [-0.1, -0.05) is 6.92 Å². The molecule has 2 rings (SSSR count). The molecule has 1 amide bonds. The molecular weight excluding hydrogens is 190 g/mol. The molecule has 2 N–H and O–H groups in total. The lowest BCUT2D eigenvalue weighted by Gasteiger charge is -2.50. The van der Waals surface area contributed by atoms with Crippen molar-refractivity contribution in [1.82, 2.24) is 15.5 Å². The van der Waals surface area contributed by atoms with Crippen molar-refractivity contribution in [2.24, 2.45) is 0 Å². The van der Waals surface area contributed by atoms with Crippen molar-refractivity contribution >= 4 is 5.91 Å². The van der Waals surface area contributed by atoms with Gasteiger partial charge in [-0.25, -0.2) is 0 Å². The van der Waals surface area contributed by atoms with E-state index in [2.05, 4.69) is 15.5 Å². The van der Waals surface area contributed by atoms with Gasteiger partial charge in [-0.3, -0.25) is 9.69 Å². The maximum absolute atomic E-state index is 11.6. The van der Waals surface area contributed by atoms with Gasteiger partial charge in [0.15, 0.2) is 0 Å². The Morgan fingerprint density at radius 1 is 1.47 bits per heavy atom. The van der Waals surface area contributed by atoms with E-state index < -0.39 is 0 Å². The fourth-order valence-corrected chi connectivity index (χ4v) is 2.66. The predicted molar refractivity (Wildman–Crippen MR) is 59.5 cm³/mol. The summed E-state index contributed by atoms with van der Waals surface area (Å²) in [7, 11) is 0. The van der Waals surface area contributed by atoms with Crippen molar-refractivity contribution in [3.63, 3.8) is 0 Å². The lowest BCUT2D eigenvalue weighted by molar-refractivity contribution is -0.127. The summed E-state index contributed by atoms with van der Waals surface area (Å²) in [4.78, 5) is 14.0. The first kappa shape index (κ1) is 10.9. The molecule has 15 heavy (non-hydrogen) atoms. The summed E-state index contributed by atoms with van der Waals surface area (Å²) in [5, 5.41) is 6.61. The summed E-state index contributed by atoms with van der Waals surface area (Å²) >= 11 is 0. The van der Waals surface area contributed by atoms with Gasteiger partial charge in [-0.15, -0.1) is 0 Å². The Kier molecular flexibility index (Phi) is 3.26. The van der Waals surface area contributed by atoms with Gasteiger partial charge in [-0.05, 0) is 19.3 Å². The van der Waals surface area contributed by atoms with Gasteiger partial charge in [0.05, 0.1) is 0 Å². The quantitative estimate of drug-likeness (QED) is 0.690. The van der Waals surface area contributed by atoms with Crippen molar-refractivity contribution in [3.8, 4) is 0 Å². The average Bonchev–Trinajstić information content (AvgIpc) is 2.28. The summed E-state index contributed by atoms with van der Waals surface area (Å²) in [6.45, 7) is 6.05. The summed E-state index contributed by atoms with van der Waals surface area (Å²) < 4.78 is 0. The molecule has 0 aromatic rings. The number of carbonyl (C=O) groups excluding carboxylic acids is 1. The van der Waals surface area contributed by atoms with E-state index >= 15 is 0 Å². The van der Waals surface area contributed by atoms with E-state index in [9.17, 15) is 4.79 Å². The van der Waals surface area contributed by atoms with E-state index in [1.807, 2.05) is 6.92 Å². The molecule has 86 valence electrons. The molecule has 0 bridgehead atoms.